The molecule has 7 heteroatoms. The predicted molar refractivity (Wildman–Crippen MR) is 113 cm³/mol. The smallest absolute Gasteiger partial charge is 0.219 e. The molecular formula is C18H30IN5O. The fourth-order valence-corrected chi connectivity index (χ4v) is 2.71. The summed E-state index contributed by atoms with van der Waals surface area (Å²) in [5.41, 5.74) is 1.20. The number of halogens is 1. The van der Waals surface area contributed by atoms with E-state index in [1.54, 1.807) is 6.92 Å². The summed E-state index contributed by atoms with van der Waals surface area (Å²) in [4.78, 5) is 20.3. The minimum absolute atomic E-state index is 0. The molecule has 1 aromatic rings. The molecule has 1 amide bonds. The van der Waals surface area contributed by atoms with E-state index in [1.807, 2.05) is 23.1 Å². The van der Waals surface area contributed by atoms with Gasteiger partial charge in [-0.15, -0.1) is 24.0 Å². The van der Waals surface area contributed by atoms with Crippen molar-refractivity contribution in [2.24, 2.45) is 4.99 Å². The van der Waals surface area contributed by atoms with E-state index in [4.69, 9.17) is 0 Å². The summed E-state index contributed by atoms with van der Waals surface area (Å²) in [6.07, 6.45) is 0. The van der Waals surface area contributed by atoms with Crippen LogP contribution in [0.4, 0.5) is 0 Å². The first kappa shape index (κ1) is 21.7. The van der Waals surface area contributed by atoms with Crippen LogP contribution < -0.4 is 10.6 Å². The Balaban J connectivity index is 0.00000312. The van der Waals surface area contributed by atoms with Crippen LogP contribution in [-0.2, 0) is 11.3 Å². The lowest BCUT2D eigenvalue weighted by molar-refractivity contribution is -0.130. The molecule has 0 radical (unpaired) electrons. The van der Waals surface area contributed by atoms with E-state index >= 15 is 0 Å². The van der Waals surface area contributed by atoms with Crippen LogP contribution in [0.1, 0.15) is 19.4 Å². The van der Waals surface area contributed by atoms with Gasteiger partial charge in [-0.3, -0.25) is 9.69 Å². The molecule has 1 aromatic carbocycles. The summed E-state index contributed by atoms with van der Waals surface area (Å²) in [5, 5.41) is 6.67. The van der Waals surface area contributed by atoms with E-state index in [2.05, 4.69) is 39.6 Å². The molecule has 1 aliphatic heterocycles. The van der Waals surface area contributed by atoms with Crippen LogP contribution in [0.3, 0.4) is 0 Å². The lowest BCUT2D eigenvalue weighted by atomic mass is 10.2. The fourth-order valence-electron chi connectivity index (χ4n) is 2.71. The molecule has 2 rings (SSSR count). The van der Waals surface area contributed by atoms with Crippen molar-refractivity contribution in [1.82, 2.24) is 20.4 Å². The summed E-state index contributed by atoms with van der Waals surface area (Å²) in [6, 6.07) is 10.3. The quantitative estimate of drug-likeness (QED) is 0.385. The Labute approximate surface area is 168 Å². The van der Waals surface area contributed by atoms with Crippen molar-refractivity contribution >= 4 is 35.8 Å². The Morgan fingerprint density at radius 3 is 2.40 bits per heavy atom. The van der Waals surface area contributed by atoms with E-state index in [0.717, 1.165) is 51.8 Å². The fraction of sp³-hybridized carbons (Fsp3) is 0.556. The number of carbonyl (C=O) groups is 1. The van der Waals surface area contributed by atoms with Crippen LogP contribution in [0.5, 0.6) is 0 Å². The molecule has 1 fully saturated rings. The molecule has 0 unspecified atom stereocenters. The van der Waals surface area contributed by atoms with Crippen molar-refractivity contribution in [3.05, 3.63) is 35.9 Å². The molecule has 0 aromatic heterocycles. The molecule has 140 valence electrons. The van der Waals surface area contributed by atoms with Crippen LogP contribution in [0.25, 0.3) is 0 Å². The number of amides is 1. The molecule has 0 bridgehead atoms. The van der Waals surface area contributed by atoms with Crippen LogP contribution in [0.15, 0.2) is 35.3 Å². The summed E-state index contributed by atoms with van der Waals surface area (Å²) in [7, 11) is 0. The van der Waals surface area contributed by atoms with Gasteiger partial charge in [0.15, 0.2) is 5.96 Å². The number of nitrogens with one attached hydrogen (secondary N) is 2. The Bertz CT molecular complexity index is 530. The molecule has 1 heterocycles. The van der Waals surface area contributed by atoms with Gasteiger partial charge in [-0.1, -0.05) is 30.3 Å². The highest BCUT2D eigenvalue weighted by atomic mass is 127. The van der Waals surface area contributed by atoms with Crippen molar-refractivity contribution in [2.75, 3.05) is 45.8 Å². The maximum atomic E-state index is 11.3. The van der Waals surface area contributed by atoms with Gasteiger partial charge in [-0.2, -0.15) is 0 Å². The molecule has 6 nitrogen and oxygen atoms in total. The highest BCUT2D eigenvalue weighted by molar-refractivity contribution is 14.0. The van der Waals surface area contributed by atoms with Gasteiger partial charge in [-0.25, -0.2) is 4.99 Å². The zero-order valence-electron chi connectivity index (χ0n) is 15.2. The lowest BCUT2D eigenvalue weighted by Crippen LogP contribution is -2.50. The molecule has 1 aliphatic rings. The molecule has 0 aliphatic carbocycles. The second-order valence-electron chi connectivity index (χ2n) is 5.96. The zero-order valence-corrected chi connectivity index (χ0v) is 17.5. The van der Waals surface area contributed by atoms with Crippen LogP contribution in [0.2, 0.25) is 0 Å². The maximum absolute atomic E-state index is 11.3. The number of guanidine groups is 1. The van der Waals surface area contributed by atoms with E-state index in [1.165, 1.54) is 5.56 Å². The van der Waals surface area contributed by atoms with E-state index < -0.39 is 0 Å². The van der Waals surface area contributed by atoms with Crippen molar-refractivity contribution in [3.8, 4) is 0 Å². The van der Waals surface area contributed by atoms with E-state index in [0.29, 0.717) is 6.54 Å². The number of piperazine rings is 1. The third-order valence-electron chi connectivity index (χ3n) is 4.14. The molecule has 2 N–H and O–H groups in total. The van der Waals surface area contributed by atoms with Crippen LogP contribution in [0, 0.1) is 0 Å². The van der Waals surface area contributed by atoms with Crippen molar-refractivity contribution in [2.45, 2.75) is 20.4 Å². The Hall–Kier alpha value is -1.35. The van der Waals surface area contributed by atoms with Gasteiger partial charge < -0.3 is 15.5 Å². The standard InChI is InChI=1S/C18H29N5O.HI/c1-3-19-18(21-15-17-7-5-4-6-8-17)20-9-10-22-11-13-23(14-12-22)16(2)24;/h4-8H,3,9-15H2,1-2H3,(H2,19,20,21);1H. The van der Waals surface area contributed by atoms with Crippen LogP contribution >= 0.6 is 24.0 Å². The third kappa shape index (κ3) is 8.04. The summed E-state index contributed by atoms with van der Waals surface area (Å²) in [6.45, 7) is 10.6. The van der Waals surface area contributed by atoms with Gasteiger partial charge in [0.05, 0.1) is 6.54 Å². The molecule has 0 atom stereocenters. The maximum Gasteiger partial charge on any atom is 0.219 e. The number of nitrogens with zero attached hydrogens (tertiary/aromatic N) is 3. The third-order valence-corrected chi connectivity index (χ3v) is 4.14. The first-order valence-corrected chi connectivity index (χ1v) is 8.73. The molecule has 0 spiro atoms. The number of hydrogen-bond acceptors (Lipinski definition) is 3. The largest absolute Gasteiger partial charge is 0.357 e. The molecule has 1 saturated heterocycles. The van der Waals surface area contributed by atoms with Gasteiger partial charge in [-0.05, 0) is 12.5 Å². The first-order chi connectivity index (χ1) is 11.7. The summed E-state index contributed by atoms with van der Waals surface area (Å²) >= 11 is 0. The van der Waals surface area contributed by atoms with Crippen molar-refractivity contribution in [1.29, 1.82) is 0 Å². The van der Waals surface area contributed by atoms with Crippen molar-refractivity contribution < 1.29 is 4.79 Å². The van der Waals surface area contributed by atoms with E-state index in [-0.39, 0.29) is 29.9 Å². The second kappa shape index (κ2) is 12.1. The van der Waals surface area contributed by atoms with Crippen LogP contribution in [-0.4, -0.2) is 67.5 Å². The van der Waals surface area contributed by atoms with Gasteiger partial charge >= 0.3 is 0 Å². The Morgan fingerprint density at radius 2 is 1.80 bits per heavy atom. The average molecular weight is 459 g/mol. The molecular weight excluding hydrogens is 429 g/mol. The zero-order chi connectivity index (χ0) is 17.2. The number of hydrogen-bond donors (Lipinski definition) is 2. The van der Waals surface area contributed by atoms with Gasteiger partial charge in [0.2, 0.25) is 5.91 Å². The van der Waals surface area contributed by atoms with Gasteiger partial charge in [0.1, 0.15) is 0 Å². The predicted octanol–water partition coefficient (Wildman–Crippen LogP) is 1.52. The lowest BCUT2D eigenvalue weighted by Gasteiger charge is -2.34. The van der Waals surface area contributed by atoms with Gasteiger partial charge in [0.25, 0.3) is 0 Å². The number of carbonyl (C=O) groups excluding carboxylic acids is 1. The SMILES string of the molecule is CCNC(=NCc1ccccc1)NCCN1CCN(C(C)=O)CC1.I. The topological polar surface area (TPSA) is 60.0 Å². The highest BCUT2D eigenvalue weighted by Crippen LogP contribution is 2.01. The average Bonchev–Trinajstić information content (AvgIpc) is 2.61. The minimum Gasteiger partial charge on any atom is -0.357 e. The van der Waals surface area contributed by atoms with E-state index in [9.17, 15) is 4.79 Å². The Kier molecular flexibility index (Phi) is 10.5. The number of aliphatic imine (C=N–C) groups is 1. The first-order valence-electron chi connectivity index (χ1n) is 8.73. The summed E-state index contributed by atoms with van der Waals surface area (Å²) < 4.78 is 0. The molecule has 0 saturated carbocycles. The second-order valence-corrected chi connectivity index (χ2v) is 5.96. The number of benzene rings is 1. The van der Waals surface area contributed by atoms with Gasteiger partial charge in [0, 0.05) is 52.7 Å². The summed E-state index contributed by atoms with van der Waals surface area (Å²) in [5.74, 6) is 1.03. The monoisotopic (exact) mass is 459 g/mol. The minimum atomic E-state index is 0. The highest BCUT2D eigenvalue weighted by Gasteiger charge is 2.17. The normalized spacial score (nSPS) is 15.4. The number of rotatable bonds is 6. The van der Waals surface area contributed by atoms with Crippen molar-refractivity contribution in [3.63, 3.8) is 0 Å². The molecule has 25 heavy (non-hydrogen) atoms. The Morgan fingerprint density at radius 1 is 1.12 bits per heavy atom.